The van der Waals surface area contributed by atoms with E-state index in [1.807, 2.05) is 19.9 Å². The van der Waals surface area contributed by atoms with Crippen molar-refractivity contribution in [1.29, 1.82) is 0 Å². The van der Waals surface area contributed by atoms with E-state index in [1.54, 1.807) is 31.6 Å². The molecule has 0 unspecified atom stereocenters. The molecule has 1 amide bonds. The minimum atomic E-state index is -0.309. The molecule has 0 saturated carbocycles. The second kappa shape index (κ2) is 8.08. The molecule has 0 aliphatic heterocycles. The van der Waals surface area contributed by atoms with Gasteiger partial charge in [-0.25, -0.2) is 4.39 Å². The van der Waals surface area contributed by atoms with Gasteiger partial charge in [0.2, 0.25) is 11.0 Å². The Balaban J connectivity index is 1.72. The van der Waals surface area contributed by atoms with Crippen molar-refractivity contribution in [3.05, 3.63) is 65.1 Å². The molecule has 0 radical (unpaired) electrons. The van der Waals surface area contributed by atoms with Gasteiger partial charge < -0.3 is 9.15 Å². The van der Waals surface area contributed by atoms with E-state index in [1.165, 1.54) is 29.5 Å². The predicted octanol–water partition coefficient (Wildman–Crippen LogP) is 5.45. The first-order chi connectivity index (χ1) is 14.4. The predicted molar refractivity (Wildman–Crippen MR) is 115 cm³/mol. The molecule has 0 aliphatic carbocycles. The monoisotopic (exact) mass is 423 g/mol. The van der Waals surface area contributed by atoms with Crippen molar-refractivity contribution < 1.29 is 18.3 Å². The summed E-state index contributed by atoms with van der Waals surface area (Å²) in [5.41, 5.74) is 3.75. The number of methoxy groups -OCH3 is 1. The van der Waals surface area contributed by atoms with Crippen molar-refractivity contribution in [2.45, 2.75) is 13.8 Å². The highest BCUT2D eigenvalue weighted by atomic mass is 32.1. The number of hydrogen-bond acceptors (Lipinski definition) is 6. The standard InChI is InChI=1S/C22H18FN3O3S/c1-12(8-21(27)24-22-26-25-13(2)30-22)16-9-17-18(14-4-6-15(23)7-5-14)11-29-20(17)10-19(16)28-3/h4-11H,1-3H3,(H,24,26,27)/b12-8+. The van der Waals surface area contributed by atoms with E-state index in [4.69, 9.17) is 9.15 Å². The molecule has 0 aliphatic rings. The quantitative estimate of drug-likeness (QED) is 0.432. The zero-order chi connectivity index (χ0) is 21.3. The summed E-state index contributed by atoms with van der Waals surface area (Å²) in [6, 6.07) is 9.89. The summed E-state index contributed by atoms with van der Waals surface area (Å²) in [7, 11) is 1.56. The molecule has 0 fully saturated rings. The number of ether oxygens (including phenoxy) is 1. The first-order valence-electron chi connectivity index (χ1n) is 9.09. The van der Waals surface area contributed by atoms with Gasteiger partial charge >= 0.3 is 0 Å². The van der Waals surface area contributed by atoms with Gasteiger partial charge in [0.25, 0.3) is 0 Å². The van der Waals surface area contributed by atoms with Crippen molar-refractivity contribution in [3.63, 3.8) is 0 Å². The summed E-state index contributed by atoms with van der Waals surface area (Å²) in [5, 5.41) is 12.5. The van der Waals surface area contributed by atoms with E-state index >= 15 is 0 Å². The van der Waals surface area contributed by atoms with E-state index in [9.17, 15) is 9.18 Å². The number of carbonyl (C=O) groups excluding carboxylic acids is 1. The Labute approximate surface area is 176 Å². The fourth-order valence-corrected chi connectivity index (χ4v) is 3.74. The summed E-state index contributed by atoms with van der Waals surface area (Å²) in [6.07, 6.45) is 3.11. The summed E-state index contributed by atoms with van der Waals surface area (Å²) < 4.78 is 24.5. The number of rotatable bonds is 5. The fraction of sp³-hybridized carbons (Fsp3) is 0.136. The van der Waals surface area contributed by atoms with Crippen molar-refractivity contribution in [1.82, 2.24) is 10.2 Å². The molecule has 0 bridgehead atoms. The zero-order valence-corrected chi connectivity index (χ0v) is 17.3. The molecular formula is C22H18FN3O3S. The first-order valence-corrected chi connectivity index (χ1v) is 9.91. The Morgan fingerprint density at radius 1 is 1.23 bits per heavy atom. The number of aryl methyl sites for hydroxylation is 1. The molecule has 8 heteroatoms. The Bertz CT molecular complexity index is 1260. The molecule has 0 atom stereocenters. The smallest absolute Gasteiger partial charge is 0.250 e. The molecule has 4 rings (SSSR count). The number of benzene rings is 2. The molecule has 0 spiro atoms. The Kier molecular flexibility index (Phi) is 5.33. The molecule has 4 aromatic rings. The number of fused-ring (bicyclic) bond motifs is 1. The number of nitrogens with one attached hydrogen (secondary N) is 1. The van der Waals surface area contributed by atoms with E-state index in [2.05, 4.69) is 15.5 Å². The van der Waals surface area contributed by atoms with Gasteiger partial charge in [-0.1, -0.05) is 23.5 Å². The Morgan fingerprint density at radius 2 is 2.00 bits per heavy atom. The van der Waals surface area contributed by atoms with Crippen LogP contribution in [0, 0.1) is 12.7 Å². The van der Waals surface area contributed by atoms with Gasteiger partial charge in [-0.05, 0) is 43.2 Å². The van der Waals surface area contributed by atoms with Crippen molar-refractivity contribution >= 4 is 38.9 Å². The summed E-state index contributed by atoms with van der Waals surface area (Å²) in [4.78, 5) is 12.4. The molecule has 30 heavy (non-hydrogen) atoms. The first kappa shape index (κ1) is 19.8. The number of furan rings is 1. The minimum Gasteiger partial charge on any atom is -0.496 e. The van der Waals surface area contributed by atoms with E-state index in [-0.39, 0.29) is 11.7 Å². The second-order valence-electron chi connectivity index (χ2n) is 6.65. The van der Waals surface area contributed by atoms with Crippen LogP contribution in [0.1, 0.15) is 17.5 Å². The van der Waals surface area contributed by atoms with Crippen LogP contribution in [-0.2, 0) is 4.79 Å². The third-order valence-electron chi connectivity index (χ3n) is 4.58. The fourth-order valence-electron chi connectivity index (χ4n) is 3.15. The number of aromatic nitrogens is 2. The minimum absolute atomic E-state index is 0.302. The van der Waals surface area contributed by atoms with Crippen LogP contribution in [0.15, 0.2) is 53.2 Å². The summed E-state index contributed by atoms with van der Waals surface area (Å²) >= 11 is 1.30. The zero-order valence-electron chi connectivity index (χ0n) is 16.5. The number of allylic oxidation sites excluding steroid dienone is 1. The number of halogens is 1. The van der Waals surface area contributed by atoms with Gasteiger partial charge in [0, 0.05) is 28.7 Å². The van der Waals surface area contributed by atoms with Crippen LogP contribution in [0.2, 0.25) is 0 Å². The maximum atomic E-state index is 13.3. The molecule has 152 valence electrons. The van der Waals surface area contributed by atoms with Gasteiger partial charge in [0.05, 0.1) is 13.4 Å². The lowest BCUT2D eigenvalue weighted by molar-refractivity contribution is -0.111. The van der Waals surface area contributed by atoms with Crippen LogP contribution >= 0.6 is 11.3 Å². The number of hydrogen-bond donors (Lipinski definition) is 1. The maximum absolute atomic E-state index is 13.3. The SMILES string of the molecule is COc1cc2occ(-c3ccc(F)cc3)c2cc1/C(C)=C/C(=O)Nc1nnc(C)s1. The Morgan fingerprint density at radius 3 is 2.67 bits per heavy atom. The molecule has 2 heterocycles. The second-order valence-corrected chi connectivity index (χ2v) is 7.83. The molecule has 0 saturated heterocycles. The van der Waals surface area contributed by atoms with Crippen molar-refractivity contribution in [3.8, 4) is 16.9 Å². The van der Waals surface area contributed by atoms with E-state index in [0.29, 0.717) is 22.0 Å². The van der Waals surface area contributed by atoms with Crippen LogP contribution in [0.5, 0.6) is 5.75 Å². The van der Waals surface area contributed by atoms with Crippen molar-refractivity contribution in [2.24, 2.45) is 0 Å². The van der Waals surface area contributed by atoms with Crippen LogP contribution in [0.4, 0.5) is 9.52 Å². The van der Waals surface area contributed by atoms with Gasteiger partial charge in [-0.15, -0.1) is 10.2 Å². The molecule has 2 aromatic heterocycles. The molecular weight excluding hydrogens is 405 g/mol. The number of carbonyl (C=O) groups is 1. The number of nitrogens with zero attached hydrogens (tertiary/aromatic N) is 2. The van der Waals surface area contributed by atoms with Crippen LogP contribution in [0.3, 0.4) is 0 Å². The molecule has 1 N–H and O–H groups in total. The topological polar surface area (TPSA) is 77.2 Å². The average molecular weight is 423 g/mol. The Hall–Kier alpha value is -3.52. The molecule has 2 aromatic carbocycles. The third kappa shape index (κ3) is 3.95. The molecule has 6 nitrogen and oxygen atoms in total. The number of anilines is 1. The van der Waals surface area contributed by atoms with Gasteiger partial charge in [-0.3, -0.25) is 10.1 Å². The van der Waals surface area contributed by atoms with Gasteiger partial charge in [0.1, 0.15) is 22.2 Å². The average Bonchev–Trinajstić information content (AvgIpc) is 3.32. The number of amides is 1. The van der Waals surface area contributed by atoms with Crippen LogP contribution in [-0.4, -0.2) is 23.2 Å². The van der Waals surface area contributed by atoms with Crippen LogP contribution < -0.4 is 10.1 Å². The lowest BCUT2D eigenvalue weighted by atomic mass is 9.99. The van der Waals surface area contributed by atoms with E-state index in [0.717, 1.165) is 27.1 Å². The van der Waals surface area contributed by atoms with Crippen molar-refractivity contribution in [2.75, 3.05) is 12.4 Å². The van der Waals surface area contributed by atoms with Gasteiger partial charge in [0.15, 0.2) is 0 Å². The van der Waals surface area contributed by atoms with E-state index < -0.39 is 0 Å². The largest absolute Gasteiger partial charge is 0.496 e. The lowest BCUT2D eigenvalue weighted by Crippen LogP contribution is -2.08. The van der Waals surface area contributed by atoms with Crippen LogP contribution in [0.25, 0.3) is 27.7 Å². The van der Waals surface area contributed by atoms with Gasteiger partial charge in [-0.2, -0.15) is 0 Å². The highest BCUT2D eigenvalue weighted by Gasteiger charge is 2.15. The highest BCUT2D eigenvalue weighted by Crippen LogP contribution is 2.37. The summed E-state index contributed by atoms with van der Waals surface area (Å²) in [5.74, 6) is -0.0307. The maximum Gasteiger partial charge on any atom is 0.250 e. The third-order valence-corrected chi connectivity index (χ3v) is 5.33. The lowest BCUT2D eigenvalue weighted by Gasteiger charge is -2.10. The summed E-state index contributed by atoms with van der Waals surface area (Å²) in [6.45, 7) is 3.64. The highest BCUT2D eigenvalue weighted by molar-refractivity contribution is 7.15. The normalized spacial score (nSPS) is 11.7.